The molecule has 2 rings (SSSR count). The lowest BCUT2D eigenvalue weighted by atomic mass is 9.96. The first-order valence-corrected chi connectivity index (χ1v) is 12.5. The molecule has 1 heterocycles. The second-order valence-electron chi connectivity index (χ2n) is 5.99. The van der Waals surface area contributed by atoms with Gasteiger partial charge in [-0.1, -0.05) is 35.5 Å². The van der Waals surface area contributed by atoms with E-state index in [9.17, 15) is 9.13 Å². The number of oxime groups is 1. The Labute approximate surface area is 166 Å². The van der Waals surface area contributed by atoms with Crippen molar-refractivity contribution in [3.8, 4) is 0 Å². The van der Waals surface area contributed by atoms with Crippen molar-refractivity contribution >= 4 is 20.9 Å². The quantitative estimate of drug-likeness (QED) is 0.434. The van der Waals surface area contributed by atoms with Crippen molar-refractivity contribution in [3.63, 3.8) is 0 Å². The lowest BCUT2D eigenvalue weighted by molar-refractivity contribution is 0.0310. The summed E-state index contributed by atoms with van der Waals surface area (Å²) in [5.74, 6) is -0.804. The highest BCUT2D eigenvalue weighted by Crippen LogP contribution is 2.83. The van der Waals surface area contributed by atoms with Crippen molar-refractivity contribution in [1.29, 1.82) is 0 Å². The van der Waals surface area contributed by atoms with Crippen LogP contribution in [0.5, 0.6) is 0 Å². The van der Waals surface area contributed by atoms with Crippen LogP contribution < -0.4 is 0 Å². The standard InChI is InChI=1S/C18H29NO7P2/c1-6-22-27(20,23-7-2)18(28(21,24-8-3)25-9-4)17(15(5)19-26-18)16-13-11-10-12-14-16/h10-14,17H,6-9H2,1-5H3. The molecule has 10 heteroatoms. The van der Waals surface area contributed by atoms with Crippen LogP contribution in [-0.4, -0.2) is 37.2 Å². The maximum absolute atomic E-state index is 14.1. The van der Waals surface area contributed by atoms with E-state index in [4.69, 9.17) is 22.9 Å². The summed E-state index contributed by atoms with van der Waals surface area (Å²) in [6.45, 7) is 8.63. The predicted molar refractivity (Wildman–Crippen MR) is 108 cm³/mol. The van der Waals surface area contributed by atoms with Gasteiger partial charge in [-0.25, -0.2) is 0 Å². The number of rotatable bonds is 11. The third-order valence-electron chi connectivity index (χ3n) is 4.23. The molecule has 0 radical (unpaired) electrons. The van der Waals surface area contributed by atoms with Gasteiger partial charge in [0.2, 0.25) is 0 Å². The van der Waals surface area contributed by atoms with Crippen LogP contribution in [0.4, 0.5) is 0 Å². The van der Waals surface area contributed by atoms with Crippen LogP contribution in [0.3, 0.4) is 0 Å². The molecule has 8 nitrogen and oxygen atoms in total. The molecule has 1 aromatic rings. The van der Waals surface area contributed by atoms with Crippen molar-refractivity contribution in [2.75, 3.05) is 26.4 Å². The minimum atomic E-state index is -4.19. The molecule has 0 N–H and O–H groups in total. The molecule has 0 aliphatic carbocycles. The second kappa shape index (κ2) is 9.66. The van der Waals surface area contributed by atoms with Crippen molar-refractivity contribution in [2.45, 2.75) is 45.6 Å². The summed E-state index contributed by atoms with van der Waals surface area (Å²) in [6, 6.07) is 9.13. The molecule has 1 aliphatic rings. The van der Waals surface area contributed by atoms with E-state index >= 15 is 0 Å². The molecule has 0 spiro atoms. The van der Waals surface area contributed by atoms with E-state index in [1.54, 1.807) is 34.6 Å². The van der Waals surface area contributed by atoms with Gasteiger partial charge in [0, 0.05) is 0 Å². The molecule has 0 bridgehead atoms. The van der Waals surface area contributed by atoms with Gasteiger partial charge in [-0.05, 0) is 40.2 Å². The minimum Gasteiger partial charge on any atom is -0.362 e. The lowest BCUT2D eigenvalue weighted by Gasteiger charge is -2.40. The summed E-state index contributed by atoms with van der Waals surface area (Å²) < 4.78 is 50.6. The number of nitrogens with zero attached hydrogens (tertiary/aromatic N) is 1. The Kier molecular flexibility index (Phi) is 8.03. The Hall–Kier alpha value is -1.01. The summed E-state index contributed by atoms with van der Waals surface area (Å²) in [7, 11) is -8.38. The molecule has 0 saturated carbocycles. The summed E-state index contributed by atoms with van der Waals surface area (Å²) >= 11 is 0. The Bertz CT molecular complexity index is 718. The van der Waals surface area contributed by atoms with Crippen LogP contribution >= 0.6 is 15.2 Å². The van der Waals surface area contributed by atoms with Crippen LogP contribution in [0.25, 0.3) is 0 Å². The fourth-order valence-electron chi connectivity index (χ4n) is 3.31. The van der Waals surface area contributed by atoms with Gasteiger partial charge in [-0.2, -0.15) is 0 Å². The van der Waals surface area contributed by atoms with Crippen LogP contribution in [-0.2, 0) is 32.1 Å². The molecular weight excluding hydrogens is 404 g/mol. The fraction of sp³-hybridized carbons (Fsp3) is 0.611. The topological polar surface area (TPSA) is 92.7 Å². The van der Waals surface area contributed by atoms with Gasteiger partial charge >= 0.3 is 20.3 Å². The molecule has 0 fully saturated rings. The zero-order chi connectivity index (χ0) is 20.8. The van der Waals surface area contributed by atoms with Gasteiger partial charge < -0.3 is 22.9 Å². The van der Waals surface area contributed by atoms with E-state index in [1.807, 2.05) is 30.3 Å². The largest absolute Gasteiger partial charge is 0.390 e. The summed E-state index contributed by atoms with van der Waals surface area (Å²) in [5, 5.41) is 1.98. The van der Waals surface area contributed by atoms with Crippen molar-refractivity contribution in [1.82, 2.24) is 0 Å². The van der Waals surface area contributed by atoms with Crippen molar-refractivity contribution in [3.05, 3.63) is 35.9 Å². The highest BCUT2D eigenvalue weighted by atomic mass is 31.2. The van der Waals surface area contributed by atoms with Crippen LogP contribution in [0.1, 0.15) is 46.1 Å². The zero-order valence-electron chi connectivity index (χ0n) is 17.0. The van der Waals surface area contributed by atoms with E-state index in [0.29, 0.717) is 11.3 Å². The lowest BCUT2D eigenvalue weighted by Crippen LogP contribution is -2.40. The maximum atomic E-state index is 14.1. The molecule has 1 atom stereocenters. The van der Waals surface area contributed by atoms with E-state index in [0.717, 1.165) is 0 Å². The number of hydrogen-bond donors (Lipinski definition) is 0. The molecule has 0 amide bonds. The first-order valence-electron chi connectivity index (χ1n) is 9.41. The van der Waals surface area contributed by atoms with E-state index < -0.39 is 26.2 Å². The Balaban J connectivity index is 2.82. The molecule has 28 heavy (non-hydrogen) atoms. The van der Waals surface area contributed by atoms with Gasteiger partial charge in [0.25, 0.3) is 0 Å². The third-order valence-corrected chi connectivity index (χ3v) is 10.3. The smallest absolute Gasteiger partial charge is 0.362 e. The molecule has 1 aliphatic heterocycles. The fourth-order valence-corrected chi connectivity index (χ4v) is 9.04. The van der Waals surface area contributed by atoms with Gasteiger partial charge in [0.1, 0.15) is 0 Å². The SMILES string of the molecule is CCOP(=O)(OCC)C1(P(=O)(OCC)OCC)ON=C(C)C1c1ccccc1. The van der Waals surface area contributed by atoms with Crippen molar-refractivity contribution in [2.24, 2.45) is 5.16 Å². The van der Waals surface area contributed by atoms with Crippen LogP contribution in [0, 0.1) is 0 Å². The first-order chi connectivity index (χ1) is 13.4. The van der Waals surface area contributed by atoms with Gasteiger partial charge in [0.05, 0.1) is 38.1 Å². The van der Waals surface area contributed by atoms with Crippen LogP contribution in [0.15, 0.2) is 35.5 Å². The molecule has 0 saturated heterocycles. The highest BCUT2D eigenvalue weighted by molar-refractivity contribution is 7.74. The third kappa shape index (κ3) is 3.87. The molecule has 0 aromatic heterocycles. The number of benzene rings is 1. The van der Waals surface area contributed by atoms with Gasteiger partial charge in [0.15, 0.2) is 0 Å². The normalized spacial score (nSPS) is 19.3. The monoisotopic (exact) mass is 433 g/mol. The van der Waals surface area contributed by atoms with Crippen LogP contribution in [0.2, 0.25) is 0 Å². The van der Waals surface area contributed by atoms with Crippen molar-refractivity contribution < 1.29 is 32.1 Å². The predicted octanol–water partition coefficient (Wildman–Crippen LogP) is 5.36. The Morgan fingerprint density at radius 2 is 1.32 bits per heavy atom. The molecular formula is C18H29NO7P2. The molecule has 1 unspecified atom stereocenters. The van der Waals surface area contributed by atoms with Gasteiger partial charge in [-0.15, -0.1) is 0 Å². The number of hydrogen-bond acceptors (Lipinski definition) is 8. The Morgan fingerprint density at radius 1 is 0.893 bits per heavy atom. The average Bonchev–Trinajstić information content (AvgIpc) is 3.02. The molecule has 1 aromatic carbocycles. The molecule has 158 valence electrons. The highest BCUT2D eigenvalue weighted by Gasteiger charge is 2.75. The summed E-state index contributed by atoms with van der Waals surface area (Å²) in [6.07, 6.45) is 0. The minimum absolute atomic E-state index is 0.0567. The second-order valence-corrected chi connectivity index (χ2v) is 10.7. The zero-order valence-corrected chi connectivity index (χ0v) is 18.8. The van der Waals surface area contributed by atoms with E-state index in [1.165, 1.54) is 0 Å². The summed E-state index contributed by atoms with van der Waals surface area (Å²) in [4.78, 5) is 5.72. The van der Waals surface area contributed by atoms with E-state index in [2.05, 4.69) is 5.16 Å². The maximum Gasteiger partial charge on any atom is 0.390 e. The van der Waals surface area contributed by atoms with E-state index in [-0.39, 0.29) is 26.4 Å². The Morgan fingerprint density at radius 3 is 1.71 bits per heavy atom. The average molecular weight is 433 g/mol. The summed E-state index contributed by atoms with van der Waals surface area (Å²) in [5.41, 5.74) is 1.17. The first kappa shape index (κ1) is 23.3. The van der Waals surface area contributed by atoms with Gasteiger partial charge in [-0.3, -0.25) is 9.13 Å².